The number of hydrogen-bond acceptors (Lipinski definition) is 3. The Labute approximate surface area is 110 Å². The van der Waals surface area contributed by atoms with Crippen LogP contribution in [0.15, 0.2) is 15.9 Å². The summed E-state index contributed by atoms with van der Waals surface area (Å²) in [6.07, 6.45) is 3.59. The molecule has 1 rings (SSSR count). The molecule has 16 heavy (non-hydrogen) atoms. The number of nitrogens with two attached hydrogens (primary N) is 1. The predicted octanol–water partition coefficient (Wildman–Crippen LogP) is 4.11. The van der Waals surface area contributed by atoms with E-state index >= 15 is 0 Å². The van der Waals surface area contributed by atoms with Crippen LogP contribution >= 0.6 is 27.3 Å². The highest BCUT2D eigenvalue weighted by Gasteiger charge is 2.18. The number of halogens is 1. The van der Waals surface area contributed by atoms with Crippen LogP contribution in [-0.2, 0) is 4.74 Å². The van der Waals surface area contributed by atoms with Crippen molar-refractivity contribution in [1.82, 2.24) is 0 Å². The maximum absolute atomic E-state index is 5.96. The standard InChI is InChI=1S/C12H20BrNOS/c1-3-4-5-6-15-12(9(2)14)11-7-10(13)8-16-11/h7-9,12H,3-6,14H2,1-2H3. The lowest BCUT2D eigenvalue weighted by Crippen LogP contribution is -2.26. The number of hydrogen-bond donors (Lipinski definition) is 1. The average Bonchev–Trinajstić information content (AvgIpc) is 2.64. The summed E-state index contributed by atoms with van der Waals surface area (Å²) in [5.74, 6) is 0. The smallest absolute Gasteiger partial charge is 0.106 e. The zero-order chi connectivity index (χ0) is 12.0. The van der Waals surface area contributed by atoms with Crippen molar-refractivity contribution in [3.05, 3.63) is 20.8 Å². The zero-order valence-corrected chi connectivity index (χ0v) is 12.3. The van der Waals surface area contributed by atoms with Crippen molar-refractivity contribution in [2.24, 2.45) is 5.73 Å². The Morgan fingerprint density at radius 3 is 2.75 bits per heavy atom. The Kier molecular flexibility index (Phi) is 6.58. The Hall–Kier alpha value is 0.1000. The third-order valence-corrected chi connectivity index (χ3v) is 4.15. The second kappa shape index (κ2) is 7.43. The Morgan fingerprint density at radius 1 is 1.50 bits per heavy atom. The molecule has 1 heterocycles. The fourth-order valence-electron chi connectivity index (χ4n) is 1.53. The predicted molar refractivity (Wildman–Crippen MR) is 73.9 cm³/mol. The lowest BCUT2D eigenvalue weighted by Gasteiger charge is -2.20. The highest BCUT2D eigenvalue weighted by molar-refractivity contribution is 9.10. The first kappa shape index (κ1) is 14.2. The van der Waals surface area contributed by atoms with Crippen molar-refractivity contribution in [3.8, 4) is 0 Å². The van der Waals surface area contributed by atoms with E-state index in [9.17, 15) is 0 Å². The largest absolute Gasteiger partial charge is 0.371 e. The summed E-state index contributed by atoms with van der Waals surface area (Å²) in [4.78, 5) is 1.21. The molecule has 0 fully saturated rings. The van der Waals surface area contributed by atoms with E-state index in [0.29, 0.717) is 0 Å². The van der Waals surface area contributed by atoms with Gasteiger partial charge in [-0.2, -0.15) is 0 Å². The topological polar surface area (TPSA) is 35.2 Å². The van der Waals surface area contributed by atoms with Crippen molar-refractivity contribution < 1.29 is 4.74 Å². The zero-order valence-electron chi connectivity index (χ0n) is 9.91. The van der Waals surface area contributed by atoms with Crippen LogP contribution in [0.4, 0.5) is 0 Å². The van der Waals surface area contributed by atoms with Crippen LogP contribution in [0.1, 0.15) is 44.1 Å². The maximum Gasteiger partial charge on any atom is 0.106 e. The molecular weight excluding hydrogens is 286 g/mol. The minimum Gasteiger partial charge on any atom is -0.371 e. The summed E-state index contributed by atoms with van der Waals surface area (Å²) < 4.78 is 6.98. The van der Waals surface area contributed by atoms with Gasteiger partial charge < -0.3 is 10.5 Å². The van der Waals surface area contributed by atoms with E-state index in [1.165, 1.54) is 17.7 Å². The SMILES string of the molecule is CCCCCOC(c1cc(Br)cs1)C(C)N. The molecule has 0 amide bonds. The van der Waals surface area contributed by atoms with Gasteiger partial charge in [0.15, 0.2) is 0 Å². The molecule has 4 heteroatoms. The summed E-state index contributed by atoms with van der Waals surface area (Å²) in [6.45, 7) is 4.99. The van der Waals surface area contributed by atoms with E-state index in [1.54, 1.807) is 11.3 Å². The summed E-state index contributed by atoms with van der Waals surface area (Å²) in [6, 6.07) is 2.13. The van der Waals surface area contributed by atoms with E-state index in [-0.39, 0.29) is 12.1 Å². The first-order valence-corrected chi connectivity index (χ1v) is 7.43. The molecule has 0 aliphatic heterocycles. The first-order valence-electron chi connectivity index (χ1n) is 5.76. The van der Waals surface area contributed by atoms with Crippen LogP contribution < -0.4 is 5.73 Å². The fraction of sp³-hybridized carbons (Fsp3) is 0.667. The Morgan fingerprint density at radius 2 is 2.25 bits per heavy atom. The molecule has 0 spiro atoms. The van der Waals surface area contributed by atoms with Gasteiger partial charge in [-0.05, 0) is 35.3 Å². The molecule has 0 saturated carbocycles. The van der Waals surface area contributed by atoms with Gasteiger partial charge in [-0.15, -0.1) is 11.3 Å². The van der Waals surface area contributed by atoms with Gasteiger partial charge >= 0.3 is 0 Å². The van der Waals surface area contributed by atoms with Crippen molar-refractivity contribution in [1.29, 1.82) is 0 Å². The molecule has 0 aliphatic carbocycles. The molecule has 0 saturated heterocycles. The number of ether oxygens (including phenoxy) is 1. The minimum atomic E-state index is 0.0344. The second-order valence-electron chi connectivity index (χ2n) is 4.02. The lowest BCUT2D eigenvalue weighted by molar-refractivity contribution is 0.0384. The number of unbranched alkanes of at least 4 members (excludes halogenated alkanes) is 2. The molecular formula is C12H20BrNOS. The van der Waals surface area contributed by atoms with Crippen LogP contribution in [0, 0.1) is 0 Å². The van der Waals surface area contributed by atoms with Gasteiger partial charge in [-0.25, -0.2) is 0 Å². The molecule has 92 valence electrons. The molecule has 0 aromatic carbocycles. The molecule has 2 unspecified atom stereocenters. The van der Waals surface area contributed by atoms with E-state index in [1.807, 2.05) is 6.92 Å². The maximum atomic E-state index is 5.96. The van der Waals surface area contributed by atoms with E-state index < -0.39 is 0 Å². The third-order valence-electron chi connectivity index (χ3n) is 2.39. The lowest BCUT2D eigenvalue weighted by atomic mass is 10.1. The highest BCUT2D eigenvalue weighted by atomic mass is 79.9. The summed E-state index contributed by atoms with van der Waals surface area (Å²) in [7, 11) is 0. The third kappa shape index (κ3) is 4.53. The van der Waals surface area contributed by atoms with Gasteiger partial charge in [0.2, 0.25) is 0 Å². The molecule has 2 N–H and O–H groups in total. The van der Waals surface area contributed by atoms with Gasteiger partial charge in [0.1, 0.15) is 6.10 Å². The molecule has 0 aliphatic rings. The van der Waals surface area contributed by atoms with Crippen LogP contribution in [0.2, 0.25) is 0 Å². The monoisotopic (exact) mass is 305 g/mol. The van der Waals surface area contributed by atoms with Gasteiger partial charge in [-0.3, -0.25) is 0 Å². The number of rotatable bonds is 7. The molecule has 0 radical (unpaired) electrons. The normalized spacial score (nSPS) is 15.0. The molecule has 2 atom stereocenters. The van der Waals surface area contributed by atoms with E-state index in [0.717, 1.165) is 17.5 Å². The van der Waals surface area contributed by atoms with Crippen LogP contribution in [0.25, 0.3) is 0 Å². The quantitative estimate of drug-likeness (QED) is 0.770. The molecule has 1 aromatic rings. The van der Waals surface area contributed by atoms with Crippen molar-refractivity contribution in [2.45, 2.75) is 45.3 Å². The van der Waals surface area contributed by atoms with Gasteiger partial charge in [-0.1, -0.05) is 19.8 Å². The second-order valence-corrected chi connectivity index (χ2v) is 5.88. The number of thiophene rings is 1. The van der Waals surface area contributed by atoms with Gasteiger partial charge in [0.05, 0.1) is 0 Å². The van der Waals surface area contributed by atoms with Crippen molar-refractivity contribution >= 4 is 27.3 Å². The first-order chi connectivity index (χ1) is 7.65. The summed E-state index contributed by atoms with van der Waals surface area (Å²) in [5, 5.41) is 2.07. The average molecular weight is 306 g/mol. The van der Waals surface area contributed by atoms with Crippen LogP contribution in [0.5, 0.6) is 0 Å². The van der Waals surface area contributed by atoms with Crippen molar-refractivity contribution in [2.75, 3.05) is 6.61 Å². The summed E-state index contributed by atoms with van der Waals surface area (Å²) in [5.41, 5.74) is 5.96. The highest BCUT2D eigenvalue weighted by Crippen LogP contribution is 2.29. The molecule has 0 bridgehead atoms. The Bertz CT molecular complexity index is 301. The van der Waals surface area contributed by atoms with Crippen molar-refractivity contribution in [3.63, 3.8) is 0 Å². The Balaban J connectivity index is 2.48. The van der Waals surface area contributed by atoms with Gasteiger partial charge in [0.25, 0.3) is 0 Å². The fourth-order valence-corrected chi connectivity index (χ4v) is 3.14. The molecule has 1 aromatic heterocycles. The van der Waals surface area contributed by atoms with Gasteiger partial charge in [0, 0.05) is 27.4 Å². The van der Waals surface area contributed by atoms with Crippen LogP contribution in [0.3, 0.4) is 0 Å². The van der Waals surface area contributed by atoms with E-state index in [2.05, 4.69) is 34.3 Å². The van der Waals surface area contributed by atoms with Crippen LogP contribution in [-0.4, -0.2) is 12.6 Å². The minimum absolute atomic E-state index is 0.0344. The molecule has 2 nitrogen and oxygen atoms in total. The van der Waals surface area contributed by atoms with E-state index in [4.69, 9.17) is 10.5 Å². The summed E-state index contributed by atoms with van der Waals surface area (Å²) >= 11 is 5.15.